The number of ether oxygens (including phenoxy) is 1. The first kappa shape index (κ1) is 59.0. The number of nitrogens with one attached hydrogen (secondary N) is 3. The van der Waals surface area contributed by atoms with E-state index in [1.807, 2.05) is 87.5 Å². The Labute approximate surface area is 481 Å². The molecule has 0 amide bonds. The second-order valence-electron chi connectivity index (χ2n) is 17.9. The molecule has 13 rings (SSSR count). The third-order valence-electron chi connectivity index (χ3n) is 12.0. The van der Waals surface area contributed by atoms with Gasteiger partial charge in [0.25, 0.3) is 0 Å². The average molecular weight is 1150 g/mol. The van der Waals surface area contributed by atoms with Gasteiger partial charge in [-0.1, -0.05) is 40.5 Å². The second kappa shape index (κ2) is 26.0. The normalized spacial score (nSPS) is 12.1. The van der Waals surface area contributed by atoms with Gasteiger partial charge in [-0.25, -0.2) is 15.0 Å². The van der Waals surface area contributed by atoms with E-state index in [4.69, 9.17) is 51.8 Å². The number of furan rings is 3. The summed E-state index contributed by atoms with van der Waals surface area (Å²) in [6.45, 7) is 9.58. The predicted octanol–water partition coefficient (Wildman–Crippen LogP) is 9.21. The van der Waals surface area contributed by atoms with Crippen LogP contribution in [0.2, 0.25) is 0 Å². The highest BCUT2D eigenvalue weighted by Crippen LogP contribution is 2.30. The molecule has 0 aliphatic carbocycles. The van der Waals surface area contributed by atoms with Gasteiger partial charge < -0.3 is 56.2 Å². The van der Waals surface area contributed by atoms with E-state index < -0.39 is 0 Å². The van der Waals surface area contributed by atoms with Gasteiger partial charge in [0, 0.05) is 19.6 Å². The van der Waals surface area contributed by atoms with E-state index in [1.165, 1.54) is 0 Å². The molecule has 0 aromatic carbocycles. The number of rotatable bonds is 13. The lowest BCUT2D eigenvalue weighted by Gasteiger charge is -2.26. The minimum absolute atomic E-state index is 0. The number of aliphatic hydroxyl groups is 1. The van der Waals surface area contributed by atoms with Gasteiger partial charge in [-0.3, -0.25) is 4.90 Å². The molecule has 0 saturated carbocycles. The number of pyridine rings is 3. The molecular formula is C55H63ClN22O5. The van der Waals surface area contributed by atoms with Crippen LogP contribution < -0.4 is 33.2 Å². The van der Waals surface area contributed by atoms with Crippen LogP contribution >= 0.6 is 11.6 Å². The first-order chi connectivity index (χ1) is 38.9. The van der Waals surface area contributed by atoms with Crippen LogP contribution in [0.4, 0.5) is 52.4 Å². The fraction of sp³-hybridized carbons (Fsp3) is 0.236. The van der Waals surface area contributed by atoms with E-state index in [0.717, 1.165) is 61.5 Å². The van der Waals surface area contributed by atoms with Gasteiger partial charge in [0.1, 0.15) is 51.8 Å². The second-order valence-corrected chi connectivity index (χ2v) is 18.2. The maximum absolute atomic E-state index is 9.21. The van der Waals surface area contributed by atoms with Crippen molar-refractivity contribution in [2.24, 2.45) is 0 Å². The van der Waals surface area contributed by atoms with E-state index >= 15 is 0 Å². The molecule has 0 atom stereocenters. The van der Waals surface area contributed by atoms with E-state index in [9.17, 15) is 5.11 Å². The zero-order valence-corrected chi connectivity index (χ0v) is 43.9. The smallest absolute Gasteiger partial charge is 0.224 e. The number of halogens is 1. The van der Waals surface area contributed by atoms with Crippen molar-refractivity contribution in [2.75, 3.05) is 59.5 Å². The van der Waals surface area contributed by atoms with Gasteiger partial charge >= 0.3 is 0 Å². The SMILES string of the molecule is C.C.C.Cc1ccc(-c2nc(N)nc3c(Nc4cccc(CCl)n4)cnn23)o1.Cc1ccc(-c2nc(N)nc3c(Nc4cccc(CN5CCOCC5)n4)cnn23)o1.Cc1ccc(-c2nc(N)nc3c(Nc4cccc(CO)n4)cnn23)o1. The lowest BCUT2D eigenvalue weighted by atomic mass is 10.3. The molecule has 1 saturated heterocycles. The first-order valence-electron chi connectivity index (χ1n) is 24.8. The molecule has 28 heteroatoms. The zero-order valence-electron chi connectivity index (χ0n) is 43.2. The van der Waals surface area contributed by atoms with Crippen molar-refractivity contribution in [2.45, 2.75) is 62.1 Å². The summed E-state index contributed by atoms with van der Waals surface area (Å²) in [5.74, 6) is 8.06. The van der Waals surface area contributed by atoms with Gasteiger partial charge in [0.2, 0.25) is 35.3 Å². The number of hydrogen-bond donors (Lipinski definition) is 7. The fourth-order valence-corrected chi connectivity index (χ4v) is 8.54. The van der Waals surface area contributed by atoms with Crippen LogP contribution in [0.3, 0.4) is 0 Å². The van der Waals surface area contributed by atoms with E-state index in [0.29, 0.717) is 97.8 Å². The number of alkyl halides is 1. The van der Waals surface area contributed by atoms with Gasteiger partial charge in [-0.05, 0) is 93.6 Å². The number of hydrogen-bond acceptors (Lipinski definition) is 24. The maximum atomic E-state index is 9.21. The summed E-state index contributed by atoms with van der Waals surface area (Å²) >= 11 is 5.83. The molecule has 13 heterocycles. The maximum Gasteiger partial charge on any atom is 0.224 e. The Morgan fingerprint density at radius 2 is 0.843 bits per heavy atom. The number of aliphatic hydroxyl groups excluding tert-OH is 1. The average Bonchev–Trinajstić information content (AvgIpc) is 4.34. The minimum atomic E-state index is -0.138. The zero-order chi connectivity index (χ0) is 55.3. The van der Waals surface area contributed by atoms with Crippen LogP contribution in [0.25, 0.3) is 51.7 Å². The van der Waals surface area contributed by atoms with Crippen LogP contribution in [0.5, 0.6) is 0 Å². The lowest BCUT2D eigenvalue weighted by molar-refractivity contribution is 0.0337. The molecule has 83 heavy (non-hydrogen) atoms. The number of nitrogens with two attached hydrogens (primary N) is 3. The summed E-state index contributed by atoms with van der Waals surface area (Å²) in [4.78, 5) is 41.4. The largest absolute Gasteiger partial charge is 0.458 e. The van der Waals surface area contributed by atoms with E-state index in [-0.39, 0.29) is 46.7 Å². The molecule has 1 aliphatic rings. The van der Waals surface area contributed by atoms with Crippen LogP contribution in [0.15, 0.2) is 123 Å². The minimum Gasteiger partial charge on any atom is -0.458 e. The number of fused-ring (bicyclic) bond motifs is 3. The Morgan fingerprint density at radius 1 is 0.482 bits per heavy atom. The van der Waals surface area contributed by atoms with E-state index in [2.05, 4.69) is 76.0 Å². The number of aromatic nitrogens is 15. The van der Waals surface area contributed by atoms with Gasteiger partial charge in [-0.2, -0.15) is 58.7 Å². The Kier molecular flexibility index (Phi) is 18.5. The summed E-state index contributed by atoms with van der Waals surface area (Å²) in [6, 6.07) is 27.8. The van der Waals surface area contributed by atoms with Crippen molar-refractivity contribution < 1.29 is 23.1 Å². The molecule has 0 spiro atoms. The molecule has 1 aliphatic heterocycles. The highest BCUT2D eigenvalue weighted by Gasteiger charge is 2.20. The number of nitrogens with zero attached hydrogens (tertiary/aromatic N) is 16. The lowest BCUT2D eigenvalue weighted by Crippen LogP contribution is -2.35. The number of nitrogen functional groups attached to an aromatic ring is 3. The summed E-state index contributed by atoms with van der Waals surface area (Å²) in [5, 5.41) is 31.9. The topological polar surface area (TPSA) is 354 Å². The third kappa shape index (κ3) is 13.4. The predicted molar refractivity (Wildman–Crippen MR) is 317 cm³/mol. The van der Waals surface area contributed by atoms with Crippen molar-refractivity contribution >= 4 is 80.9 Å². The molecule has 12 aromatic rings. The molecular weight excluding hydrogens is 1080 g/mol. The van der Waals surface area contributed by atoms with Gasteiger partial charge in [0.05, 0.1) is 61.4 Å². The van der Waals surface area contributed by atoms with Crippen LogP contribution in [-0.4, -0.2) is 110 Å². The number of morpholine rings is 1. The number of aryl methyl sites for hydroxylation is 3. The molecule has 27 nitrogen and oxygen atoms in total. The van der Waals surface area contributed by atoms with Crippen LogP contribution in [0.1, 0.15) is 56.6 Å². The van der Waals surface area contributed by atoms with Gasteiger partial charge in [-0.15, -0.1) is 11.6 Å². The molecule has 0 unspecified atom stereocenters. The Hall–Kier alpha value is -10.1. The van der Waals surface area contributed by atoms with E-state index in [1.54, 1.807) is 56.4 Å². The quantitative estimate of drug-likeness (QED) is 0.0529. The standard InChI is InChI=1S/C20H22N8O2.C16H14ClN7O.C16H15N7O2.3CH4/c1-13-5-6-16(30-13)19-26-20(21)25-18-15(11-22-28(18)19)24-17-4-2-3-14(23-17)12-27-7-9-29-10-8-27;1-9-5-6-12(25-9)15-23-16(18)22-14-11(8-19-24(14)15)21-13-4-2-3-10(7-17)20-13;1-9-5-6-12(25-9)15-22-16(17)21-14-11(7-18-23(14)15)20-13-4-2-3-10(8-24)19-13;;;/h2-6,11H,7-10,12H2,1H3,(H2,21,25)(H,23,24);2-6,8H,7H2,1H3,(H2,18,22)(H,20,21);2-7,24H,8H2,1H3,(H2,17,21)(H,19,20);3*1H4. The highest BCUT2D eigenvalue weighted by atomic mass is 35.5. The summed E-state index contributed by atoms with van der Waals surface area (Å²) < 4.78 is 27.1. The first-order valence-corrected chi connectivity index (χ1v) is 25.4. The highest BCUT2D eigenvalue weighted by molar-refractivity contribution is 6.16. The van der Waals surface area contributed by atoms with Crippen molar-refractivity contribution in [3.8, 4) is 34.8 Å². The Bertz CT molecular complexity index is 3950. The fourth-order valence-electron chi connectivity index (χ4n) is 8.39. The molecule has 430 valence electrons. The molecule has 0 radical (unpaired) electrons. The van der Waals surface area contributed by atoms with Crippen molar-refractivity contribution in [1.82, 2.24) is 78.6 Å². The Balaban J connectivity index is 0.000000161. The van der Waals surface area contributed by atoms with Crippen molar-refractivity contribution in [3.63, 3.8) is 0 Å². The summed E-state index contributed by atoms with van der Waals surface area (Å²) in [5.41, 5.74) is 23.5. The molecule has 12 aromatic heterocycles. The van der Waals surface area contributed by atoms with Crippen molar-refractivity contribution in [3.05, 3.63) is 144 Å². The third-order valence-corrected chi connectivity index (χ3v) is 12.3. The van der Waals surface area contributed by atoms with Crippen LogP contribution in [0, 0.1) is 20.8 Å². The monoisotopic (exact) mass is 1150 g/mol. The molecule has 1 fully saturated rings. The van der Waals surface area contributed by atoms with Crippen LogP contribution in [-0.2, 0) is 23.8 Å². The van der Waals surface area contributed by atoms with Crippen molar-refractivity contribution in [1.29, 1.82) is 0 Å². The summed E-state index contributed by atoms with van der Waals surface area (Å²) in [7, 11) is 0. The summed E-state index contributed by atoms with van der Waals surface area (Å²) in [6.07, 6.45) is 4.92. The molecule has 10 N–H and O–H groups in total. The Morgan fingerprint density at radius 3 is 1.20 bits per heavy atom. The number of anilines is 9. The van der Waals surface area contributed by atoms with Gasteiger partial charge in [0.15, 0.2) is 34.2 Å². The molecule has 0 bridgehead atoms.